The molecule has 2 atom stereocenters. The van der Waals surface area contributed by atoms with E-state index in [9.17, 15) is 9.90 Å². The fourth-order valence-electron chi connectivity index (χ4n) is 2.91. The zero-order valence-corrected chi connectivity index (χ0v) is 11.9. The van der Waals surface area contributed by atoms with Gasteiger partial charge in [0.25, 0.3) is 0 Å². The van der Waals surface area contributed by atoms with Gasteiger partial charge in [-0.05, 0) is 62.3 Å². The van der Waals surface area contributed by atoms with Crippen molar-refractivity contribution in [3.8, 4) is 5.75 Å². The fourth-order valence-corrected chi connectivity index (χ4v) is 2.91. The summed E-state index contributed by atoms with van der Waals surface area (Å²) in [6.45, 7) is 1.92. The molecular weight excluding hydrogens is 252 g/mol. The van der Waals surface area contributed by atoms with E-state index in [1.807, 2.05) is 19.1 Å². The van der Waals surface area contributed by atoms with Gasteiger partial charge in [0.05, 0.1) is 6.04 Å². The van der Waals surface area contributed by atoms with E-state index in [1.54, 1.807) is 6.07 Å². The molecule has 3 rings (SSSR count). The van der Waals surface area contributed by atoms with Crippen LogP contribution in [0, 0.1) is 0 Å². The summed E-state index contributed by atoms with van der Waals surface area (Å²) in [5.74, 6) is 0.419. The first kappa shape index (κ1) is 13.4. The normalized spacial score (nSPS) is 22.9. The van der Waals surface area contributed by atoms with Gasteiger partial charge in [-0.2, -0.15) is 0 Å². The molecule has 2 unspecified atom stereocenters. The van der Waals surface area contributed by atoms with Crippen LogP contribution < -0.4 is 10.6 Å². The lowest BCUT2D eigenvalue weighted by atomic mass is 9.87. The highest BCUT2D eigenvalue weighted by molar-refractivity contribution is 5.81. The molecule has 108 valence electrons. The van der Waals surface area contributed by atoms with Crippen molar-refractivity contribution in [2.24, 2.45) is 0 Å². The molecule has 1 aromatic carbocycles. The summed E-state index contributed by atoms with van der Waals surface area (Å²) >= 11 is 0. The van der Waals surface area contributed by atoms with E-state index in [2.05, 4.69) is 10.6 Å². The Labute approximate surface area is 119 Å². The number of rotatable bonds is 4. The predicted octanol–water partition coefficient (Wildman–Crippen LogP) is 2.03. The van der Waals surface area contributed by atoms with Crippen LogP contribution in [0.25, 0.3) is 0 Å². The largest absolute Gasteiger partial charge is 0.508 e. The molecule has 1 amide bonds. The van der Waals surface area contributed by atoms with Gasteiger partial charge in [0, 0.05) is 12.1 Å². The highest BCUT2D eigenvalue weighted by Crippen LogP contribution is 2.32. The minimum atomic E-state index is -0.180. The number of phenols is 1. The van der Waals surface area contributed by atoms with E-state index in [4.69, 9.17) is 0 Å². The van der Waals surface area contributed by atoms with Crippen LogP contribution in [0.2, 0.25) is 0 Å². The van der Waals surface area contributed by atoms with Gasteiger partial charge >= 0.3 is 0 Å². The molecule has 2 aliphatic rings. The van der Waals surface area contributed by atoms with Crippen LogP contribution in [-0.4, -0.2) is 23.1 Å². The van der Waals surface area contributed by atoms with Gasteiger partial charge in [-0.1, -0.05) is 6.07 Å². The summed E-state index contributed by atoms with van der Waals surface area (Å²) < 4.78 is 0. The molecule has 3 N–H and O–H groups in total. The number of carbonyl (C=O) groups excluding carboxylic acids is 1. The highest BCUT2D eigenvalue weighted by Gasteiger charge is 2.28. The average Bonchev–Trinajstić information content (AvgIpc) is 3.22. The van der Waals surface area contributed by atoms with Crippen molar-refractivity contribution in [1.82, 2.24) is 10.6 Å². The van der Waals surface area contributed by atoms with Gasteiger partial charge in [-0.15, -0.1) is 0 Å². The van der Waals surface area contributed by atoms with Crippen LogP contribution >= 0.6 is 0 Å². The number of phenolic OH excluding ortho intramolecular Hbond substituents is 1. The number of hydrogen-bond acceptors (Lipinski definition) is 3. The number of carbonyl (C=O) groups is 1. The Morgan fingerprint density at radius 1 is 1.35 bits per heavy atom. The summed E-state index contributed by atoms with van der Waals surface area (Å²) in [6.07, 6.45) is 5.36. The number of nitrogens with one attached hydrogen (secondary N) is 2. The van der Waals surface area contributed by atoms with Crippen molar-refractivity contribution in [3.63, 3.8) is 0 Å². The van der Waals surface area contributed by atoms with Crippen molar-refractivity contribution in [2.75, 3.05) is 0 Å². The lowest BCUT2D eigenvalue weighted by molar-refractivity contribution is -0.123. The molecule has 1 saturated carbocycles. The van der Waals surface area contributed by atoms with Crippen molar-refractivity contribution >= 4 is 5.91 Å². The second-order valence-corrected chi connectivity index (χ2v) is 6.00. The number of hydrogen-bond donors (Lipinski definition) is 3. The van der Waals surface area contributed by atoms with E-state index in [1.165, 1.54) is 11.1 Å². The highest BCUT2D eigenvalue weighted by atomic mass is 16.3. The standard InChI is InChI=1S/C16H22N2O2/c1-10(16(20)18-12-5-6-12)17-15-4-2-3-11-9-13(19)7-8-14(11)15/h7-10,12,15,17,19H,2-6H2,1H3,(H,18,20). The summed E-state index contributed by atoms with van der Waals surface area (Å²) in [5.41, 5.74) is 2.42. The maximum atomic E-state index is 12.0. The van der Waals surface area contributed by atoms with Crippen molar-refractivity contribution < 1.29 is 9.90 Å². The molecule has 1 aromatic rings. The minimum Gasteiger partial charge on any atom is -0.508 e. The Hall–Kier alpha value is -1.55. The molecule has 0 aliphatic heterocycles. The van der Waals surface area contributed by atoms with Crippen LogP contribution in [-0.2, 0) is 11.2 Å². The quantitative estimate of drug-likeness (QED) is 0.787. The zero-order valence-electron chi connectivity index (χ0n) is 11.9. The number of benzene rings is 1. The van der Waals surface area contributed by atoms with Gasteiger partial charge in [0.15, 0.2) is 0 Å². The molecule has 0 bridgehead atoms. The maximum absolute atomic E-state index is 12.0. The third-order valence-corrected chi connectivity index (χ3v) is 4.21. The zero-order chi connectivity index (χ0) is 14.1. The second kappa shape index (κ2) is 5.44. The van der Waals surface area contributed by atoms with E-state index < -0.39 is 0 Å². The number of aromatic hydroxyl groups is 1. The lowest BCUT2D eigenvalue weighted by Gasteiger charge is -2.29. The number of aryl methyl sites for hydroxylation is 1. The third kappa shape index (κ3) is 2.96. The third-order valence-electron chi connectivity index (χ3n) is 4.21. The molecule has 1 fully saturated rings. The molecule has 0 saturated heterocycles. The first-order valence-electron chi connectivity index (χ1n) is 7.51. The van der Waals surface area contributed by atoms with Crippen molar-refractivity contribution in [2.45, 2.75) is 57.2 Å². The van der Waals surface area contributed by atoms with E-state index in [0.717, 1.165) is 32.1 Å². The minimum absolute atomic E-state index is 0.0957. The first-order valence-corrected chi connectivity index (χ1v) is 7.51. The maximum Gasteiger partial charge on any atom is 0.237 e. The summed E-state index contributed by atoms with van der Waals surface area (Å²) in [4.78, 5) is 12.0. The number of fused-ring (bicyclic) bond motifs is 1. The topological polar surface area (TPSA) is 61.4 Å². The Bertz CT molecular complexity index is 511. The molecule has 20 heavy (non-hydrogen) atoms. The van der Waals surface area contributed by atoms with Crippen LogP contribution in [0.5, 0.6) is 5.75 Å². The monoisotopic (exact) mass is 274 g/mol. The average molecular weight is 274 g/mol. The molecule has 2 aliphatic carbocycles. The van der Waals surface area contributed by atoms with Gasteiger partial charge in [-0.25, -0.2) is 0 Å². The first-order chi connectivity index (χ1) is 9.63. The molecule has 0 radical (unpaired) electrons. The Balaban J connectivity index is 1.67. The second-order valence-electron chi connectivity index (χ2n) is 6.00. The van der Waals surface area contributed by atoms with E-state index >= 15 is 0 Å². The number of amides is 1. The molecule has 0 heterocycles. The smallest absolute Gasteiger partial charge is 0.237 e. The van der Waals surface area contributed by atoms with Crippen molar-refractivity contribution in [1.29, 1.82) is 0 Å². The van der Waals surface area contributed by atoms with Crippen LogP contribution in [0.3, 0.4) is 0 Å². The van der Waals surface area contributed by atoms with Gasteiger partial charge < -0.3 is 10.4 Å². The van der Waals surface area contributed by atoms with Crippen LogP contribution in [0.15, 0.2) is 18.2 Å². The molecule has 0 aromatic heterocycles. The Morgan fingerprint density at radius 3 is 2.90 bits per heavy atom. The Morgan fingerprint density at radius 2 is 2.15 bits per heavy atom. The fraction of sp³-hybridized carbons (Fsp3) is 0.562. The lowest BCUT2D eigenvalue weighted by Crippen LogP contribution is -2.45. The SMILES string of the molecule is CC(NC1CCCc2cc(O)ccc21)C(=O)NC1CC1. The predicted molar refractivity (Wildman–Crippen MR) is 77.5 cm³/mol. The van der Waals surface area contributed by atoms with Gasteiger partial charge in [0.2, 0.25) is 5.91 Å². The molecule has 4 heteroatoms. The van der Waals surface area contributed by atoms with Gasteiger partial charge in [-0.3, -0.25) is 10.1 Å². The molecule has 4 nitrogen and oxygen atoms in total. The van der Waals surface area contributed by atoms with E-state index in [-0.39, 0.29) is 18.0 Å². The summed E-state index contributed by atoms with van der Waals surface area (Å²) in [6, 6.07) is 5.99. The summed E-state index contributed by atoms with van der Waals surface area (Å²) in [5, 5.41) is 16.0. The molecular formula is C16H22N2O2. The molecule has 0 spiro atoms. The van der Waals surface area contributed by atoms with E-state index in [0.29, 0.717) is 11.8 Å². The Kier molecular flexibility index (Phi) is 3.66. The van der Waals surface area contributed by atoms with Crippen LogP contribution in [0.1, 0.15) is 49.8 Å². The van der Waals surface area contributed by atoms with Crippen LogP contribution in [0.4, 0.5) is 0 Å². The van der Waals surface area contributed by atoms with Gasteiger partial charge in [0.1, 0.15) is 5.75 Å². The summed E-state index contributed by atoms with van der Waals surface area (Å²) in [7, 11) is 0. The van der Waals surface area contributed by atoms with Crippen molar-refractivity contribution in [3.05, 3.63) is 29.3 Å².